The second kappa shape index (κ2) is 4.23. The first-order chi connectivity index (χ1) is 5.58. The second-order valence-corrected chi connectivity index (χ2v) is 3.67. The van der Waals surface area contributed by atoms with Crippen LogP contribution in [0, 0.1) is 3.57 Å². The first-order valence-electron chi connectivity index (χ1n) is 2.99. The Hall–Kier alpha value is -0.100. The molecule has 0 heterocycles. The van der Waals surface area contributed by atoms with E-state index < -0.39 is 6.61 Å². The van der Waals surface area contributed by atoms with Crippen molar-refractivity contribution in [1.29, 1.82) is 0 Å². The molecule has 0 unspecified atom stereocenters. The molecule has 0 aliphatic rings. The predicted octanol–water partition coefficient (Wildman–Crippen LogP) is 3.55. The molecule has 12 heavy (non-hydrogen) atoms. The molecular weight excluding hydrogens is 300 g/mol. The van der Waals surface area contributed by atoms with E-state index in [0.717, 1.165) is 3.57 Å². The third kappa shape index (κ3) is 3.10. The summed E-state index contributed by atoms with van der Waals surface area (Å²) in [6.07, 6.45) is 0. The normalized spacial score (nSPS) is 10.4. The topological polar surface area (TPSA) is 9.23 Å². The highest BCUT2D eigenvalue weighted by molar-refractivity contribution is 14.1. The first kappa shape index (κ1) is 9.98. The fraction of sp³-hybridized carbons (Fsp3) is 0.143. The molecule has 0 atom stereocenters. The summed E-state index contributed by atoms with van der Waals surface area (Å²) in [5, 5.41) is 0.387. The minimum atomic E-state index is -2.81. The quantitative estimate of drug-likeness (QED) is 0.759. The molecule has 0 bridgehead atoms. The molecule has 0 saturated heterocycles. The number of rotatable bonds is 2. The Bertz CT molecular complexity index is 260. The summed E-state index contributed by atoms with van der Waals surface area (Å²) in [6.45, 7) is -2.81. The van der Waals surface area contributed by atoms with Crippen LogP contribution in [0.2, 0.25) is 5.02 Å². The summed E-state index contributed by atoms with van der Waals surface area (Å²) in [5.74, 6) is 0.0851. The van der Waals surface area contributed by atoms with E-state index in [9.17, 15) is 8.78 Å². The van der Waals surface area contributed by atoms with Gasteiger partial charge in [0.25, 0.3) is 0 Å². The van der Waals surface area contributed by atoms with Gasteiger partial charge >= 0.3 is 6.61 Å². The predicted molar refractivity (Wildman–Crippen MR) is 50.8 cm³/mol. The Labute approximate surface area is 86.8 Å². The maximum Gasteiger partial charge on any atom is 0.387 e. The molecule has 0 saturated carbocycles. The monoisotopic (exact) mass is 304 g/mol. The lowest BCUT2D eigenvalue weighted by Crippen LogP contribution is -2.01. The fourth-order valence-electron chi connectivity index (χ4n) is 0.699. The van der Waals surface area contributed by atoms with Crippen LogP contribution in [0.25, 0.3) is 0 Å². The van der Waals surface area contributed by atoms with Crippen LogP contribution < -0.4 is 4.74 Å². The third-order valence-electron chi connectivity index (χ3n) is 1.06. The molecule has 0 aromatic heterocycles. The molecular formula is C7H4ClF2IO. The van der Waals surface area contributed by atoms with Crippen LogP contribution in [-0.4, -0.2) is 6.61 Å². The van der Waals surface area contributed by atoms with Crippen LogP contribution >= 0.6 is 34.2 Å². The van der Waals surface area contributed by atoms with Crippen molar-refractivity contribution in [3.05, 3.63) is 26.8 Å². The molecule has 0 radical (unpaired) electrons. The molecule has 5 heteroatoms. The molecule has 1 rings (SSSR count). The van der Waals surface area contributed by atoms with Gasteiger partial charge in [0.15, 0.2) is 0 Å². The van der Waals surface area contributed by atoms with Gasteiger partial charge in [0.2, 0.25) is 0 Å². The van der Waals surface area contributed by atoms with Crippen molar-refractivity contribution in [3.63, 3.8) is 0 Å². The Balaban J connectivity index is 2.85. The molecule has 0 N–H and O–H groups in total. The smallest absolute Gasteiger partial charge is 0.387 e. The molecule has 1 aromatic rings. The second-order valence-electron chi connectivity index (χ2n) is 1.98. The van der Waals surface area contributed by atoms with E-state index in [2.05, 4.69) is 4.74 Å². The molecule has 0 aliphatic heterocycles. The molecule has 0 aliphatic carbocycles. The zero-order valence-electron chi connectivity index (χ0n) is 5.73. The van der Waals surface area contributed by atoms with Crippen molar-refractivity contribution in [2.75, 3.05) is 0 Å². The largest absolute Gasteiger partial charge is 0.435 e. The number of benzene rings is 1. The highest BCUT2D eigenvalue weighted by Crippen LogP contribution is 2.23. The van der Waals surface area contributed by atoms with E-state index in [0.29, 0.717) is 5.02 Å². The first-order valence-corrected chi connectivity index (χ1v) is 4.44. The van der Waals surface area contributed by atoms with Gasteiger partial charge in [-0.25, -0.2) is 0 Å². The number of alkyl halides is 2. The average Bonchev–Trinajstić information content (AvgIpc) is 1.81. The van der Waals surface area contributed by atoms with E-state index in [-0.39, 0.29) is 5.75 Å². The van der Waals surface area contributed by atoms with E-state index in [1.165, 1.54) is 12.1 Å². The molecule has 0 amide bonds. The van der Waals surface area contributed by atoms with Crippen LogP contribution in [0.3, 0.4) is 0 Å². The lowest BCUT2D eigenvalue weighted by atomic mass is 10.3. The Morgan fingerprint density at radius 3 is 2.50 bits per heavy atom. The zero-order valence-corrected chi connectivity index (χ0v) is 8.64. The highest BCUT2D eigenvalue weighted by atomic mass is 127. The third-order valence-corrected chi connectivity index (χ3v) is 1.90. The number of halogens is 4. The van der Waals surface area contributed by atoms with Gasteiger partial charge in [-0.1, -0.05) is 11.6 Å². The SMILES string of the molecule is FC(F)Oc1cc(Cl)cc(I)c1. The summed E-state index contributed by atoms with van der Waals surface area (Å²) in [5.41, 5.74) is 0. The molecule has 0 spiro atoms. The van der Waals surface area contributed by atoms with Gasteiger partial charge in [-0.3, -0.25) is 0 Å². The van der Waals surface area contributed by atoms with Gasteiger partial charge in [0.05, 0.1) is 0 Å². The van der Waals surface area contributed by atoms with E-state index in [4.69, 9.17) is 11.6 Å². The number of hydrogen-bond donors (Lipinski definition) is 0. The molecule has 1 aromatic carbocycles. The maximum atomic E-state index is 11.7. The summed E-state index contributed by atoms with van der Waals surface area (Å²) < 4.78 is 28.3. The van der Waals surface area contributed by atoms with E-state index in [1.54, 1.807) is 6.07 Å². The fourth-order valence-corrected chi connectivity index (χ4v) is 1.75. The van der Waals surface area contributed by atoms with E-state index >= 15 is 0 Å². The van der Waals surface area contributed by atoms with Crippen molar-refractivity contribution >= 4 is 34.2 Å². The van der Waals surface area contributed by atoms with Crippen LogP contribution in [0.5, 0.6) is 5.75 Å². The van der Waals surface area contributed by atoms with Gasteiger partial charge in [-0.2, -0.15) is 8.78 Å². The van der Waals surface area contributed by atoms with Crippen LogP contribution in [0.4, 0.5) is 8.78 Å². The maximum absolute atomic E-state index is 11.7. The molecule has 1 nitrogen and oxygen atoms in total. The lowest BCUT2D eigenvalue weighted by molar-refractivity contribution is -0.0498. The Morgan fingerprint density at radius 2 is 2.00 bits per heavy atom. The van der Waals surface area contributed by atoms with Crippen molar-refractivity contribution in [3.8, 4) is 5.75 Å². The van der Waals surface area contributed by atoms with E-state index in [1.807, 2.05) is 22.6 Å². The molecule has 0 fully saturated rings. The summed E-state index contributed by atoms with van der Waals surface area (Å²) in [6, 6.07) is 4.48. The van der Waals surface area contributed by atoms with Gasteiger partial charge in [0, 0.05) is 8.59 Å². The number of hydrogen-bond acceptors (Lipinski definition) is 1. The van der Waals surface area contributed by atoms with Crippen molar-refractivity contribution in [2.45, 2.75) is 6.61 Å². The highest BCUT2D eigenvalue weighted by Gasteiger charge is 2.05. The van der Waals surface area contributed by atoms with Crippen molar-refractivity contribution in [2.24, 2.45) is 0 Å². The van der Waals surface area contributed by atoms with Crippen LogP contribution in [0.1, 0.15) is 0 Å². The minimum absolute atomic E-state index is 0.0851. The minimum Gasteiger partial charge on any atom is -0.435 e. The zero-order chi connectivity index (χ0) is 9.14. The lowest BCUT2D eigenvalue weighted by Gasteiger charge is -2.04. The Morgan fingerprint density at radius 1 is 1.33 bits per heavy atom. The number of ether oxygens (including phenoxy) is 1. The van der Waals surface area contributed by atoms with Crippen LogP contribution in [0.15, 0.2) is 18.2 Å². The average molecular weight is 304 g/mol. The van der Waals surface area contributed by atoms with Crippen molar-refractivity contribution in [1.82, 2.24) is 0 Å². The van der Waals surface area contributed by atoms with Gasteiger partial charge < -0.3 is 4.74 Å². The standard InChI is InChI=1S/C7H4ClF2IO/c8-4-1-5(11)3-6(2-4)12-7(9)10/h1-3,7H. The van der Waals surface area contributed by atoms with Gasteiger partial charge in [-0.05, 0) is 40.8 Å². The van der Waals surface area contributed by atoms with Crippen LogP contribution in [-0.2, 0) is 0 Å². The van der Waals surface area contributed by atoms with Crippen molar-refractivity contribution < 1.29 is 13.5 Å². The summed E-state index contributed by atoms with van der Waals surface area (Å²) in [4.78, 5) is 0. The molecule has 66 valence electrons. The van der Waals surface area contributed by atoms with Gasteiger partial charge in [-0.15, -0.1) is 0 Å². The summed E-state index contributed by atoms with van der Waals surface area (Å²) >= 11 is 7.57. The summed E-state index contributed by atoms with van der Waals surface area (Å²) in [7, 11) is 0. The van der Waals surface area contributed by atoms with Gasteiger partial charge in [0.1, 0.15) is 5.75 Å². The Kier molecular flexibility index (Phi) is 3.52.